The van der Waals surface area contributed by atoms with Crippen molar-refractivity contribution in [3.05, 3.63) is 53.6 Å². The first-order chi connectivity index (χ1) is 13.2. The Labute approximate surface area is 165 Å². The van der Waals surface area contributed by atoms with Gasteiger partial charge in [-0.05, 0) is 37.6 Å². The largest absolute Gasteiger partial charge is 0.496 e. The molecule has 2 aromatic rings. The first-order valence-corrected chi connectivity index (χ1v) is 10.7. The highest BCUT2D eigenvalue weighted by molar-refractivity contribution is 7.92. The van der Waals surface area contributed by atoms with Gasteiger partial charge in [0, 0.05) is 5.56 Å². The molecule has 28 heavy (non-hydrogen) atoms. The fraction of sp³-hybridized carbons (Fsp3) is 0.350. The van der Waals surface area contributed by atoms with Gasteiger partial charge in [0.2, 0.25) is 10.0 Å². The van der Waals surface area contributed by atoms with E-state index in [1.165, 1.54) is 4.31 Å². The Kier molecular flexibility index (Phi) is 5.51. The number of fused-ring (bicyclic) bond motifs is 1. The zero-order chi connectivity index (χ0) is 20.5. The molecule has 2 atom stereocenters. The van der Waals surface area contributed by atoms with Crippen molar-refractivity contribution in [1.29, 1.82) is 0 Å². The topological polar surface area (TPSA) is 84.9 Å². The molecule has 1 aliphatic heterocycles. The van der Waals surface area contributed by atoms with Gasteiger partial charge in [0.1, 0.15) is 11.5 Å². The number of sulfonamides is 1. The smallest absolute Gasteiger partial charge is 0.263 e. The van der Waals surface area contributed by atoms with Crippen molar-refractivity contribution in [2.45, 2.75) is 26.0 Å². The number of carbonyl (C=O) groups excluding carboxylic acids is 1. The normalized spacial score (nSPS) is 17.3. The summed E-state index contributed by atoms with van der Waals surface area (Å²) in [4.78, 5) is 12.9. The summed E-state index contributed by atoms with van der Waals surface area (Å²) < 4.78 is 36.9. The average Bonchev–Trinajstić information content (AvgIpc) is 2.65. The Morgan fingerprint density at radius 2 is 2.00 bits per heavy atom. The van der Waals surface area contributed by atoms with Gasteiger partial charge in [-0.15, -0.1) is 0 Å². The lowest BCUT2D eigenvalue weighted by Gasteiger charge is -2.34. The van der Waals surface area contributed by atoms with E-state index >= 15 is 0 Å². The summed E-state index contributed by atoms with van der Waals surface area (Å²) in [6.07, 6.45) is 0.162. The number of nitrogens with one attached hydrogen (secondary N) is 1. The first-order valence-electron chi connectivity index (χ1n) is 8.89. The van der Waals surface area contributed by atoms with E-state index in [-0.39, 0.29) is 18.5 Å². The molecule has 1 N–H and O–H groups in total. The second-order valence-electron chi connectivity index (χ2n) is 6.84. The van der Waals surface area contributed by atoms with Crippen molar-refractivity contribution >= 4 is 21.6 Å². The van der Waals surface area contributed by atoms with Crippen LogP contribution in [0.2, 0.25) is 0 Å². The van der Waals surface area contributed by atoms with Crippen molar-refractivity contribution in [2.24, 2.45) is 0 Å². The number of methoxy groups -OCH3 is 1. The number of carbonyl (C=O) groups is 1. The molecule has 8 heteroatoms. The van der Waals surface area contributed by atoms with E-state index in [2.05, 4.69) is 5.32 Å². The van der Waals surface area contributed by atoms with Crippen LogP contribution in [0, 0.1) is 6.92 Å². The van der Waals surface area contributed by atoms with Crippen LogP contribution in [0.5, 0.6) is 11.5 Å². The molecule has 0 saturated carbocycles. The number of amides is 1. The minimum absolute atomic E-state index is 0.0840. The highest BCUT2D eigenvalue weighted by Crippen LogP contribution is 2.36. The van der Waals surface area contributed by atoms with Crippen LogP contribution in [0.4, 0.5) is 5.69 Å². The Morgan fingerprint density at radius 3 is 2.68 bits per heavy atom. The lowest BCUT2D eigenvalue weighted by atomic mass is 10.1. The van der Waals surface area contributed by atoms with Gasteiger partial charge in [-0.3, -0.25) is 9.10 Å². The third-order valence-corrected chi connectivity index (χ3v) is 5.79. The zero-order valence-electron chi connectivity index (χ0n) is 16.3. The molecule has 1 aliphatic rings. The molecule has 0 aromatic heterocycles. The second kappa shape index (κ2) is 7.71. The third-order valence-electron chi connectivity index (χ3n) is 4.64. The molecule has 0 spiro atoms. The Morgan fingerprint density at radius 1 is 1.29 bits per heavy atom. The molecule has 0 fully saturated rings. The van der Waals surface area contributed by atoms with E-state index in [0.717, 1.165) is 17.4 Å². The number of aryl methyl sites for hydroxylation is 1. The lowest BCUT2D eigenvalue weighted by Crippen LogP contribution is -2.50. The maximum atomic E-state index is 12.9. The van der Waals surface area contributed by atoms with Gasteiger partial charge in [-0.25, -0.2) is 8.42 Å². The van der Waals surface area contributed by atoms with Crippen LogP contribution in [0.3, 0.4) is 0 Å². The molecule has 0 radical (unpaired) electrons. The molecule has 1 heterocycles. The number of hydrogen-bond donors (Lipinski definition) is 1. The quantitative estimate of drug-likeness (QED) is 0.827. The van der Waals surface area contributed by atoms with E-state index < -0.39 is 16.1 Å². The van der Waals surface area contributed by atoms with Crippen molar-refractivity contribution in [3.8, 4) is 11.5 Å². The predicted octanol–water partition coefficient (Wildman–Crippen LogP) is 2.41. The van der Waals surface area contributed by atoms with Crippen LogP contribution in [0.15, 0.2) is 42.5 Å². The molecule has 0 aliphatic carbocycles. The summed E-state index contributed by atoms with van der Waals surface area (Å²) in [7, 11) is -1.99. The highest BCUT2D eigenvalue weighted by Gasteiger charge is 2.35. The Balaban J connectivity index is 1.84. The van der Waals surface area contributed by atoms with Crippen LogP contribution < -0.4 is 19.1 Å². The number of nitrogens with zero attached hydrogens (tertiary/aromatic N) is 1. The Bertz CT molecular complexity index is 990. The Hall–Kier alpha value is -2.74. The van der Waals surface area contributed by atoms with Gasteiger partial charge in [0.05, 0.1) is 31.6 Å². The minimum atomic E-state index is -3.56. The maximum absolute atomic E-state index is 12.9. The van der Waals surface area contributed by atoms with Crippen molar-refractivity contribution in [1.82, 2.24) is 5.32 Å². The van der Waals surface area contributed by atoms with Crippen LogP contribution in [-0.4, -0.2) is 40.3 Å². The van der Waals surface area contributed by atoms with Gasteiger partial charge in [-0.2, -0.15) is 0 Å². The summed E-state index contributed by atoms with van der Waals surface area (Å²) >= 11 is 0. The summed E-state index contributed by atoms with van der Waals surface area (Å²) in [6, 6.07) is 12.3. The number of benzene rings is 2. The number of anilines is 1. The molecule has 2 aromatic carbocycles. The summed E-state index contributed by atoms with van der Waals surface area (Å²) in [5, 5.41) is 2.89. The minimum Gasteiger partial charge on any atom is -0.496 e. The van der Waals surface area contributed by atoms with E-state index in [4.69, 9.17) is 9.47 Å². The fourth-order valence-corrected chi connectivity index (χ4v) is 4.13. The van der Waals surface area contributed by atoms with Crippen molar-refractivity contribution < 1.29 is 22.7 Å². The monoisotopic (exact) mass is 404 g/mol. The molecule has 7 nitrogen and oxygen atoms in total. The summed E-state index contributed by atoms with van der Waals surface area (Å²) in [5.74, 6) is 0.652. The SMILES string of the molecule is COc1ccccc1[C@H](C)NC(=O)[C@@H]1CN(S(C)(=O)=O)c2ccc(C)cc2O1. The van der Waals surface area contributed by atoms with Crippen LogP contribution in [0.1, 0.15) is 24.1 Å². The van der Waals surface area contributed by atoms with Gasteiger partial charge < -0.3 is 14.8 Å². The summed E-state index contributed by atoms with van der Waals surface area (Å²) in [5.41, 5.74) is 2.18. The predicted molar refractivity (Wildman–Crippen MR) is 107 cm³/mol. The third kappa shape index (κ3) is 4.06. The number of para-hydroxylation sites is 1. The van der Waals surface area contributed by atoms with Crippen LogP contribution >= 0.6 is 0 Å². The molecule has 3 rings (SSSR count). The number of rotatable bonds is 5. The lowest BCUT2D eigenvalue weighted by molar-refractivity contribution is -0.128. The highest BCUT2D eigenvalue weighted by atomic mass is 32.2. The first kappa shape index (κ1) is 20.0. The van der Waals surface area contributed by atoms with Gasteiger partial charge in [0.25, 0.3) is 5.91 Å². The molecule has 1 amide bonds. The van der Waals surface area contributed by atoms with Crippen molar-refractivity contribution in [3.63, 3.8) is 0 Å². The molecule has 150 valence electrons. The molecule has 0 bridgehead atoms. The number of ether oxygens (including phenoxy) is 2. The van der Waals surface area contributed by atoms with Gasteiger partial charge in [-0.1, -0.05) is 24.3 Å². The molecule has 0 unspecified atom stereocenters. The number of hydrogen-bond acceptors (Lipinski definition) is 5. The van der Waals surface area contributed by atoms with E-state index in [1.54, 1.807) is 19.2 Å². The zero-order valence-corrected chi connectivity index (χ0v) is 17.1. The van der Waals surface area contributed by atoms with E-state index in [9.17, 15) is 13.2 Å². The standard InChI is InChI=1S/C20H24N2O5S/c1-13-9-10-16-18(11-13)27-19(12-22(16)28(4,24)25)20(23)21-14(2)15-7-5-6-8-17(15)26-3/h5-11,14,19H,12H2,1-4H3,(H,21,23)/t14-,19-/m0/s1. The van der Waals surface area contributed by atoms with E-state index in [0.29, 0.717) is 17.2 Å². The molecular weight excluding hydrogens is 380 g/mol. The molecular formula is C20H24N2O5S. The molecule has 0 saturated heterocycles. The van der Waals surface area contributed by atoms with Crippen molar-refractivity contribution in [2.75, 3.05) is 24.2 Å². The van der Waals surface area contributed by atoms with Crippen LogP contribution in [0.25, 0.3) is 0 Å². The van der Waals surface area contributed by atoms with Crippen LogP contribution in [-0.2, 0) is 14.8 Å². The van der Waals surface area contributed by atoms with Gasteiger partial charge >= 0.3 is 0 Å². The van der Waals surface area contributed by atoms with E-state index in [1.807, 2.05) is 44.2 Å². The van der Waals surface area contributed by atoms with Gasteiger partial charge in [0.15, 0.2) is 6.10 Å². The second-order valence-corrected chi connectivity index (χ2v) is 8.75. The summed E-state index contributed by atoms with van der Waals surface area (Å²) in [6.45, 7) is 3.63. The fourth-order valence-electron chi connectivity index (χ4n) is 3.22. The average molecular weight is 404 g/mol. The maximum Gasteiger partial charge on any atom is 0.263 e.